The van der Waals surface area contributed by atoms with Crippen molar-refractivity contribution in [2.45, 2.75) is 37.8 Å². The van der Waals surface area contributed by atoms with Crippen LogP contribution in [0.25, 0.3) is 0 Å². The van der Waals surface area contributed by atoms with E-state index in [1.165, 1.54) is 12.8 Å². The number of nitrogens with zero attached hydrogens (tertiary/aromatic N) is 1. The molecule has 0 spiro atoms. The molecule has 3 N–H and O–H groups in total. The normalized spacial score (nSPS) is 19.1. The topological polar surface area (TPSA) is 73.5 Å². The van der Waals surface area contributed by atoms with E-state index in [9.17, 15) is 9.59 Å². The Hall–Kier alpha value is -2.08. The monoisotopic (exact) mass is 316 g/mol. The average Bonchev–Trinajstić information content (AvgIpc) is 3.40. The maximum atomic E-state index is 11.9. The van der Waals surface area contributed by atoms with Gasteiger partial charge in [-0.05, 0) is 37.8 Å². The number of anilines is 1. The number of urea groups is 1. The summed E-state index contributed by atoms with van der Waals surface area (Å²) in [6.45, 7) is 2.09. The predicted molar refractivity (Wildman–Crippen MR) is 89.2 cm³/mol. The Morgan fingerprint density at radius 2 is 1.74 bits per heavy atom. The van der Waals surface area contributed by atoms with E-state index >= 15 is 0 Å². The lowest BCUT2D eigenvalue weighted by Gasteiger charge is -2.32. The molecule has 3 amide bonds. The molecule has 1 aromatic carbocycles. The third-order valence-corrected chi connectivity index (χ3v) is 4.40. The number of likely N-dealkylation sites (tertiary alicyclic amines) is 1. The van der Waals surface area contributed by atoms with Gasteiger partial charge in [-0.3, -0.25) is 4.79 Å². The van der Waals surface area contributed by atoms with Crippen molar-refractivity contribution in [3.05, 3.63) is 30.3 Å². The number of piperidine rings is 1. The van der Waals surface area contributed by atoms with E-state index < -0.39 is 0 Å². The minimum Gasteiger partial charge on any atom is -0.335 e. The molecule has 1 aliphatic heterocycles. The van der Waals surface area contributed by atoms with Crippen LogP contribution in [-0.4, -0.2) is 48.6 Å². The van der Waals surface area contributed by atoms with Gasteiger partial charge >= 0.3 is 6.03 Å². The van der Waals surface area contributed by atoms with Crippen LogP contribution < -0.4 is 16.0 Å². The van der Waals surface area contributed by atoms with Crippen molar-refractivity contribution in [1.82, 2.24) is 15.5 Å². The first-order valence-corrected chi connectivity index (χ1v) is 8.34. The number of para-hydroxylation sites is 1. The molecule has 0 bridgehead atoms. The molecule has 0 aromatic heterocycles. The highest BCUT2D eigenvalue weighted by atomic mass is 16.2. The van der Waals surface area contributed by atoms with Gasteiger partial charge in [0.05, 0.1) is 6.54 Å². The van der Waals surface area contributed by atoms with Gasteiger partial charge in [0.25, 0.3) is 0 Å². The Labute approximate surface area is 136 Å². The van der Waals surface area contributed by atoms with Crippen LogP contribution in [-0.2, 0) is 4.79 Å². The number of amides is 3. The fourth-order valence-electron chi connectivity index (χ4n) is 2.97. The maximum Gasteiger partial charge on any atom is 0.315 e. The number of rotatable bonds is 5. The minimum absolute atomic E-state index is 0.0261. The van der Waals surface area contributed by atoms with E-state index in [1.807, 2.05) is 30.3 Å². The number of benzene rings is 1. The van der Waals surface area contributed by atoms with Crippen molar-refractivity contribution in [3.8, 4) is 0 Å². The lowest BCUT2D eigenvalue weighted by molar-refractivity contribution is -0.115. The first-order chi connectivity index (χ1) is 11.2. The first kappa shape index (κ1) is 15.8. The second-order valence-corrected chi connectivity index (χ2v) is 6.28. The fraction of sp³-hybridized carbons (Fsp3) is 0.529. The Morgan fingerprint density at radius 3 is 2.39 bits per heavy atom. The summed E-state index contributed by atoms with van der Waals surface area (Å²) in [6.07, 6.45) is 4.63. The van der Waals surface area contributed by atoms with Gasteiger partial charge in [-0.2, -0.15) is 0 Å². The molecular weight excluding hydrogens is 292 g/mol. The summed E-state index contributed by atoms with van der Waals surface area (Å²) < 4.78 is 0. The van der Waals surface area contributed by atoms with Crippen LogP contribution in [0.2, 0.25) is 0 Å². The quantitative estimate of drug-likeness (QED) is 0.772. The van der Waals surface area contributed by atoms with Crippen molar-refractivity contribution in [2.24, 2.45) is 0 Å². The molecule has 1 aromatic rings. The largest absolute Gasteiger partial charge is 0.335 e. The van der Waals surface area contributed by atoms with Gasteiger partial charge in [-0.1, -0.05) is 18.2 Å². The molecule has 1 aliphatic carbocycles. The summed E-state index contributed by atoms with van der Waals surface area (Å²) >= 11 is 0. The third kappa shape index (κ3) is 4.96. The summed E-state index contributed by atoms with van der Waals surface area (Å²) in [5.41, 5.74) is 0.729. The fourth-order valence-corrected chi connectivity index (χ4v) is 2.97. The Bertz CT molecular complexity index is 537. The minimum atomic E-state index is -0.266. The zero-order valence-electron chi connectivity index (χ0n) is 13.3. The van der Waals surface area contributed by atoms with Crippen molar-refractivity contribution in [2.75, 3.05) is 25.0 Å². The van der Waals surface area contributed by atoms with Gasteiger partial charge in [-0.25, -0.2) is 4.79 Å². The van der Waals surface area contributed by atoms with Crippen molar-refractivity contribution in [1.29, 1.82) is 0 Å². The zero-order valence-corrected chi connectivity index (χ0v) is 13.3. The van der Waals surface area contributed by atoms with Gasteiger partial charge in [0.2, 0.25) is 5.91 Å². The molecule has 0 radical (unpaired) electrons. The highest BCUT2D eigenvalue weighted by molar-refractivity contribution is 5.94. The molecule has 1 heterocycles. The molecular formula is C17H24N4O2. The number of nitrogens with one attached hydrogen (secondary N) is 3. The molecule has 2 fully saturated rings. The molecule has 23 heavy (non-hydrogen) atoms. The summed E-state index contributed by atoms with van der Waals surface area (Å²) in [5, 5.41) is 8.32. The second-order valence-electron chi connectivity index (χ2n) is 6.28. The van der Waals surface area contributed by atoms with Gasteiger partial charge in [-0.15, -0.1) is 0 Å². The summed E-state index contributed by atoms with van der Waals surface area (Å²) in [5.74, 6) is -0.227. The first-order valence-electron chi connectivity index (χ1n) is 8.34. The number of carbonyl (C=O) groups is 2. The Morgan fingerprint density at radius 1 is 1.04 bits per heavy atom. The Balaban J connectivity index is 1.32. The van der Waals surface area contributed by atoms with Crippen LogP contribution in [0.15, 0.2) is 30.3 Å². The van der Waals surface area contributed by atoms with E-state index in [2.05, 4.69) is 20.9 Å². The Kier molecular flexibility index (Phi) is 5.12. The maximum absolute atomic E-state index is 11.9. The van der Waals surface area contributed by atoms with Crippen molar-refractivity contribution in [3.63, 3.8) is 0 Å². The van der Waals surface area contributed by atoms with Crippen LogP contribution in [0, 0.1) is 0 Å². The number of hydrogen-bond acceptors (Lipinski definition) is 3. The van der Waals surface area contributed by atoms with Gasteiger partial charge in [0.15, 0.2) is 0 Å². The van der Waals surface area contributed by atoms with E-state index in [4.69, 9.17) is 0 Å². The molecule has 124 valence electrons. The average molecular weight is 316 g/mol. The van der Waals surface area contributed by atoms with Crippen LogP contribution in [0.3, 0.4) is 0 Å². The third-order valence-electron chi connectivity index (χ3n) is 4.40. The van der Waals surface area contributed by atoms with Gasteiger partial charge in [0, 0.05) is 30.9 Å². The summed E-state index contributed by atoms with van der Waals surface area (Å²) in [6, 6.07) is 9.95. The number of carbonyl (C=O) groups excluding carboxylic acids is 2. The molecule has 0 atom stereocenters. The lowest BCUT2D eigenvalue weighted by Crippen LogP contribution is -2.49. The van der Waals surface area contributed by atoms with Crippen LogP contribution in [0.1, 0.15) is 25.7 Å². The van der Waals surface area contributed by atoms with Gasteiger partial charge < -0.3 is 20.9 Å². The smallest absolute Gasteiger partial charge is 0.315 e. The van der Waals surface area contributed by atoms with Gasteiger partial charge in [0.1, 0.15) is 0 Å². The second kappa shape index (κ2) is 7.46. The van der Waals surface area contributed by atoms with Crippen LogP contribution in [0.5, 0.6) is 0 Å². The summed E-state index contributed by atoms with van der Waals surface area (Å²) in [4.78, 5) is 26.2. The molecule has 6 nitrogen and oxygen atoms in total. The van der Waals surface area contributed by atoms with Crippen LogP contribution >= 0.6 is 0 Å². The molecule has 2 aliphatic rings. The lowest BCUT2D eigenvalue weighted by atomic mass is 10.1. The van der Waals surface area contributed by atoms with Crippen LogP contribution in [0.4, 0.5) is 10.5 Å². The van der Waals surface area contributed by atoms with E-state index in [0.29, 0.717) is 0 Å². The highest BCUT2D eigenvalue weighted by Crippen LogP contribution is 2.29. The summed E-state index contributed by atoms with van der Waals surface area (Å²) in [7, 11) is 0. The molecule has 0 unspecified atom stereocenters. The zero-order chi connectivity index (χ0) is 16.1. The predicted octanol–water partition coefficient (Wildman–Crippen LogP) is 1.55. The van der Waals surface area contributed by atoms with E-state index in [-0.39, 0.29) is 24.5 Å². The molecule has 3 rings (SSSR count). The van der Waals surface area contributed by atoms with E-state index in [1.54, 1.807) is 0 Å². The van der Waals surface area contributed by atoms with E-state index in [0.717, 1.165) is 37.7 Å². The van der Waals surface area contributed by atoms with Crippen molar-refractivity contribution >= 4 is 17.6 Å². The molecule has 6 heteroatoms. The molecule has 1 saturated heterocycles. The number of hydrogen-bond donors (Lipinski definition) is 3. The SMILES string of the molecule is O=C(CNC(=O)NC1CCN(C2CC2)CC1)Nc1ccccc1. The standard InChI is InChI=1S/C17H24N4O2/c22-16(19-13-4-2-1-3-5-13)12-18-17(23)20-14-8-10-21(11-9-14)15-6-7-15/h1-5,14-15H,6-12H2,(H,19,22)(H2,18,20,23). The highest BCUT2D eigenvalue weighted by Gasteiger charge is 2.32. The molecule has 1 saturated carbocycles. The van der Waals surface area contributed by atoms with Crippen molar-refractivity contribution < 1.29 is 9.59 Å².